The fourth-order valence-electron chi connectivity index (χ4n) is 2.75. The average Bonchev–Trinajstić information content (AvgIpc) is 2.51. The standard InChI is InChI=1S/C19H20ClNO3/c1-12-8-13(2)10-14(9-12)17(22)21(4)19(3,18(23)24)15-6-5-7-16(20)11-15/h5-11H,1-4H3,(H,23,24)/t19-/m1/s1. The first-order chi connectivity index (χ1) is 11.2. The van der Waals surface area contributed by atoms with Crippen LogP contribution in [0.25, 0.3) is 0 Å². The van der Waals surface area contributed by atoms with Gasteiger partial charge in [0.05, 0.1) is 0 Å². The molecule has 0 aliphatic rings. The molecule has 24 heavy (non-hydrogen) atoms. The molecule has 0 aliphatic heterocycles. The number of carboxylic acids is 1. The van der Waals surface area contributed by atoms with E-state index in [1.54, 1.807) is 36.4 Å². The summed E-state index contributed by atoms with van der Waals surface area (Å²) >= 11 is 6.00. The zero-order chi connectivity index (χ0) is 18.1. The van der Waals surface area contributed by atoms with Crippen LogP contribution in [-0.2, 0) is 10.3 Å². The molecule has 0 fully saturated rings. The summed E-state index contributed by atoms with van der Waals surface area (Å²) in [6, 6.07) is 12.0. The van der Waals surface area contributed by atoms with Gasteiger partial charge >= 0.3 is 5.97 Å². The van der Waals surface area contributed by atoms with E-state index in [0.29, 0.717) is 16.1 Å². The Bertz CT molecular complexity index is 783. The van der Waals surface area contributed by atoms with Crippen molar-refractivity contribution in [3.05, 3.63) is 69.7 Å². The summed E-state index contributed by atoms with van der Waals surface area (Å²) in [5, 5.41) is 10.2. The Kier molecular flexibility index (Phi) is 4.99. The number of likely N-dealkylation sites (N-methyl/N-ethyl adjacent to an activating group) is 1. The molecule has 2 aromatic carbocycles. The number of halogens is 1. The predicted octanol–water partition coefficient (Wildman–Crippen LogP) is 4.03. The van der Waals surface area contributed by atoms with E-state index >= 15 is 0 Å². The van der Waals surface area contributed by atoms with Crippen molar-refractivity contribution in [2.24, 2.45) is 0 Å². The highest BCUT2D eigenvalue weighted by molar-refractivity contribution is 6.30. The number of benzene rings is 2. The van der Waals surface area contributed by atoms with Crippen molar-refractivity contribution in [1.82, 2.24) is 4.90 Å². The highest BCUT2D eigenvalue weighted by atomic mass is 35.5. The van der Waals surface area contributed by atoms with Crippen molar-refractivity contribution in [1.29, 1.82) is 0 Å². The maximum Gasteiger partial charge on any atom is 0.334 e. The third-order valence-corrected chi connectivity index (χ3v) is 4.48. The molecular formula is C19H20ClNO3. The summed E-state index contributed by atoms with van der Waals surface area (Å²) in [6.07, 6.45) is 0. The Hall–Kier alpha value is -2.33. The van der Waals surface area contributed by atoms with Gasteiger partial charge in [-0.05, 0) is 50.6 Å². The number of carboxylic acid groups (broad SMARTS) is 1. The molecule has 126 valence electrons. The first-order valence-corrected chi connectivity index (χ1v) is 7.90. The van der Waals surface area contributed by atoms with Crippen LogP contribution in [0.4, 0.5) is 0 Å². The van der Waals surface area contributed by atoms with Crippen LogP contribution in [0.2, 0.25) is 5.02 Å². The molecule has 0 aliphatic carbocycles. The van der Waals surface area contributed by atoms with Crippen molar-refractivity contribution in [2.75, 3.05) is 7.05 Å². The second kappa shape index (κ2) is 6.65. The smallest absolute Gasteiger partial charge is 0.334 e. The number of aryl methyl sites for hydroxylation is 2. The summed E-state index contributed by atoms with van der Waals surface area (Å²) in [5.74, 6) is -1.48. The lowest BCUT2D eigenvalue weighted by atomic mass is 9.89. The Morgan fingerprint density at radius 3 is 2.17 bits per heavy atom. The molecule has 2 aromatic rings. The van der Waals surface area contributed by atoms with E-state index in [2.05, 4.69) is 0 Å². The number of carbonyl (C=O) groups excluding carboxylic acids is 1. The molecule has 1 atom stereocenters. The Morgan fingerprint density at radius 2 is 1.67 bits per heavy atom. The van der Waals surface area contributed by atoms with Gasteiger partial charge in [0.2, 0.25) is 0 Å². The van der Waals surface area contributed by atoms with E-state index in [1.165, 1.54) is 18.9 Å². The highest BCUT2D eigenvalue weighted by Gasteiger charge is 2.42. The van der Waals surface area contributed by atoms with E-state index in [-0.39, 0.29) is 5.91 Å². The van der Waals surface area contributed by atoms with Crippen molar-refractivity contribution in [2.45, 2.75) is 26.3 Å². The lowest BCUT2D eigenvalue weighted by Crippen LogP contribution is -2.50. The number of hydrogen-bond acceptors (Lipinski definition) is 2. The van der Waals surface area contributed by atoms with Gasteiger partial charge in [0.25, 0.3) is 5.91 Å². The van der Waals surface area contributed by atoms with Crippen molar-refractivity contribution in [3.63, 3.8) is 0 Å². The summed E-state index contributed by atoms with van der Waals surface area (Å²) in [4.78, 5) is 26.1. The van der Waals surface area contributed by atoms with Gasteiger partial charge in [-0.3, -0.25) is 4.79 Å². The molecular weight excluding hydrogens is 326 g/mol. The van der Waals surface area contributed by atoms with E-state index < -0.39 is 11.5 Å². The average molecular weight is 346 g/mol. The van der Waals surface area contributed by atoms with E-state index in [1.807, 2.05) is 19.9 Å². The molecule has 1 amide bonds. The number of carbonyl (C=O) groups is 2. The third kappa shape index (κ3) is 3.29. The van der Waals surface area contributed by atoms with Gasteiger partial charge in [0, 0.05) is 17.6 Å². The van der Waals surface area contributed by atoms with Gasteiger partial charge in [-0.25, -0.2) is 4.79 Å². The largest absolute Gasteiger partial charge is 0.479 e. The molecule has 0 spiro atoms. The molecule has 5 heteroatoms. The van der Waals surface area contributed by atoms with Crippen molar-refractivity contribution < 1.29 is 14.7 Å². The van der Waals surface area contributed by atoms with Crippen LogP contribution < -0.4 is 0 Å². The number of nitrogens with zero attached hydrogens (tertiary/aromatic N) is 1. The molecule has 4 nitrogen and oxygen atoms in total. The van der Waals surface area contributed by atoms with Crippen LogP contribution in [0.5, 0.6) is 0 Å². The normalized spacial score (nSPS) is 13.2. The minimum absolute atomic E-state index is 0.355. The quantitative estimate of drug-likeness (QED) is 0.910. The lowest BCUT2D eigenvalue weighted by molar-refractivity contribution is -0.148. The highest BCUT2D eigenvalue weighted by Crippen LogP contribution is 2.31. The van der Waals surface area contributed by atoms with Gasteiger partial charge in [0.15, 0.2) is 5.54 Å². The molecule has 0 radical (unpaired) electrons. The van der Waals surface area contributed by atoms with Crippen LogP contribution >= 0.6 is 11.6 Å². The first-order valence-electron chi connectivity index (χ1n) is 7.52. The number of rotatable bonds is 4. The Labute approximate surface area is 146 Å². The number of hydrogen-bond donors (Lipinski definition) is 1. The van der Waals surface area contributed by atoms with Gasteiger partial charge < -0.3 is 10.0 Å². The summed E-state index contributed by atoms with van der Waals surface area (Å²) in [7, 11) is 1.50. The monoisotopic (exact) mass is 345 g/mol. The summed E-state index contributed by atoms with van der Waals surface area (Å²) in [6.45, 7) is 5.30. The third-order valence-electron chi connectivity index (χ3n) is 4.25. The second-order valence-corrected chi connectivity index (χ2v) is 6.56. The maximum absolute atomic E-state index is 12.9. The maximum atomic E-state index is 12.9. The molecule has 0 aromatic heterocycles. The Balaban J connectivity index is 2.51. The molecule has 2 rings (SSSR count). The minimum atomic E-state index is -1.53. The molecule has 0 heterocycles. The fraction of sp³-hybridized carbons (Fsp3) is 0.263. The van der Waals surface area contributed by atoms with Crippen LogP contribution in [0, 0.1) is 13.8 Å². The van der Waals surface area contributed by atoms with E-state index in [9.17, 15) is 14.7 Å². The van der Waals surface area contributed by atoms with Crippen LogP contribution in [0.15, 0.2) is 42.5 Å². The van der Waals surface area contributed by atoms with Crippen LogP contribution in [0.1, 0.15) is 34.0 Å². The Morgan fingerprint density at radius 1 is 1.08 bits per heavy atom. The summed E-state index contributed by atoms with van der Waals surface area (Å²) < 4.78 is 0. The zero-order valence-electron chi connectivity index (χ0n) is 14.1. The molecule has 0 unspecified atom stereocenters. The predicted molar refractivity (Wildman–Crippen MR) is 94.4 cm³/mol. The van der Waals surface area contributed by atoms with Crippen LogP contribution in [0.3, 0.4) is 0 Å². The van der Waals surface area contributed by atoms with Crippen molar-refractivity contribution in [3.8, 4) is 0 Å². The zero-order valence-corrected chi connectivity index (χ0v) is 14.9. The van der Waals surface area contributed by atoms with Crippen molar-refractivity contribution >= 4 is 23.5 Å². The van der Waals surface area contributed by atoms with E-state index in [4.69, 9.17) is 11.6 Å². The van der Waals surface area contributed by atoms with Gasteiger partial charge in [-0.15, -0.1) is 0 Å². The second-order valence-electron chi connectivity index (χ2n) is 6.13. The topological polar surface area (TPSA) is 57.6 Å². The number of aliphatic carboxylic acids is 1. The minimum Gasteiger partial charge on any atom is -0.479 e. The molecule has 0 saturated carbocycles. The summed E-state index contributed by atoms with van der Waals surface area (Å²) in [5.41, 5.74) is 1.28. The lowest BCUT2D eigenvalue weighted by Gasteiger charge is -2.35. The van der Waals surface area contributed by atoms with Gasteiger partial charge in [0.1, 0.15) is 0 Å². The molecule has 0 bridgehead atoms. The first kappa shape index (κ1) is 18.0. The fourth-order valence-corrected chi connectivity index (χ4v) is 2.94. The van der Waals surface area contributed by atoms with E-state index in [0.717, 1.165) is 11.1 Å². The SMILES string of the molecule is Cc1cc(C)cc(C(=O)N(C)[C@@](C)(C(=O)O)c2cccc(Cl)c2)c1. The van der Waals surface area contributed by atoms with Crippen LogP contribution in [-0.4, -0.2) is 28.9 Å². The van der Waals surface area contributed by atoms with Gasteiger partial charge in [-0.2, -0.15) is 0 Å². The van der Waals surface area contributed by atoms with Gasteiger partial charge in [-0.1, -0.05) is 40.9 Å². The molecule has 1 N–H and O–H groups in total. The molecule has 0 saturated heterocycles. The number of amides is 1.